The van der Waals surface area contributed by atoms with Crippen molar-refractivity contribution in [2.24, 2.45) is 11.3 Å². The summed E-state index contributed by atoms with van der Waals surface area (Å²) in [5.41, 5.74) is -0.922. The van der Waals surface area contributed by atoms with Crippen molar-refractivity contribution in [1.82, 2.24) is 9.80 Å². The van der Waals surface area contributed by atoms with Gasteiger partial charge >= 0.3 is 0 Å². The highest BCUT2D eigenvalue weighted by Crippen LogP contribution is 2.36. The molecule has 4 rings (SSSR count). The van der Waals surface area contributed by atoms with E-state index < -0.39 is 5.60 Å². The molecule has 26 heavy (non-hydrogen) atoms. The highest BCUT2D eigenvalue weighted by molar-refractivity contribution is 5.83. The molecule has 1 saturated carbocycles. The molecule has 6 nitrogen and oxygen atoms in total. The second-order valence-electron chi connectivity index (χ2n) is 8.74. The average Bonchev–Trinajstić information content (AvgIpc) is 3.46. The Morgan fingerprint density at radius 1 is 1.31 bits per heavy atom. The number of amides is 2. The van der Waals surface area contributed by atoms with E-state index in [9.17, 15) is 9.59 Å². The van der Waals surface area contributed by atoms with Crippen LogP contribution in [0, 0.1) is 11.3 Å². The molecular formula is C20H30N2O4. The van der Waals surface area contributed by atoms with E-state index in [2.05, 4.69) is 19.1 Å². The normalized spacial score (nSPS) is 35.7. The second-order valence-corrected chi connectivity index (χ2v) is 8.74. The number of morpholine rings is 1. The fourth-order valence-electron chi connectivity index (χ4n) is 4.37. The second kappa shape index (κ2) is 6.97. The van der Waals surface area contributed by atoms with Gasteiger partial charge in [-0.25, -0.2) is 0 Å². The maximum atomic E-state index is 13.3. The fraction of sp³-hybridized carbons (Fsp3) is 0.800. The summed E-state index contributed by atoms with van der Waals surface area (Å²) in [5, 5.41) is 0. The van der Waals surface area contributed by atoms with Crippen molar-refractivity contribution >= 4 is 11.8 Å². The Bertz CT molecular complexity index is 603. The number of nitrogens with zero attached hydrogens (tertiary/aromatic N) is 2. The van der Waals surface area contributed by atoms with Crippen molar-refractivity contribution in [3.05, 3.63) is 12.2 Å². The van der Waals surface area contributed by atoms with Gasteiger partial charge in [-0.15, -0.1) is 0 Å². The van der Waals surface area contributed by atoms with E-state index in [0.717, 1.165) is 25.8 Å². The van der Waals surface area contributed by atoms with Gasteiger partial charge in [-0.05, 0) is 38.0 Å². The van der Waals surface area contributed by atoms with Crippen LogP contribution >= 0.6 is 0 Å². The summed E-state index contributed by atoms with van der Waals surface area (Å²) in [5.74, 6) is 0.904. The maximum absolute atomic E-state index is 13.3. The number of carbonyl (C=O) groups excluding carboxylic acids is 2. The molecule has 2 aliphatic carbocycles. The van der Waals surface area contributed by atoms with Crippen LogP contribution in [-0.4, -0.2) is 73.2 Å². The molecule has 0 aromatic carbocycles. The lowest BCUT2D eigenvalue weighted by molar-refractivity contribution is -0.175. The monoisotopic (exact) mass is 362 g/mol. The molecule has 2 atom stereocenters. The summed E-state index contributed by atoms with van der Waals surface area (Å²) in [6, 6.07) is 0. The van der Waals surface area contributed by atoms with Crippen LogP contribution in [0.1, 0.15) is 39.0 Å². The van der Waals surface area contributed by atoms with E-state index in [-0.39, 0.29) is 23.8 Å². The summed E-state index contributed by atoms with van der Waals surface area (Å²) in [7, 11) is 0. The van der Waals surface area contributed by atoms with Crippen molar-refractivity contribution in [1.29, 1.82) is 0 Å². The predicted octanol–water partition coefficient (Wildman–Crippen LogP) is 1.60. The molecule has 0 N–H and O–H groups in total. The van der Waals surface area contributed by atoms with Crippen molar-refractivity contribution in [2.75, 3.05) is 46.0 Å². The van der Waals surface area contributed by atoms with Crippen LogP contribution in [0.5, 0.6) is 0 Å². The Kier molecular flexibility index (Phi) is 4.82. The van der Waals surface area contributed by atoms with Gasteiger partial charge in [-0.3, -0.25) is 9.59 Å². The highest BCUT2D eigenvalue weighted by atomic mass is 16.6. The van der Waals surface area contributed by atoms with Gasteiger partial charge < -0.3 is 19.3 Å². The Hall–Kier alpha value is -1.40. The molecule has 6 heteroatoms. The summed E-state index contributed by atoms with van der Waals surface area (Å²) in [6.07, 6.45) is 9.35. The van der Waals surface area contributed by atoms with E-state index in [1.165, 1.54) is 12.8 Å². The summed E-state index contributed by atoms with van der Waals surface area (Å²) in [4.78, 5) is 29.4. The predicted molar refractivity (Wildman–Crippen MR) is 96.5 cm³/mol. The van der Waals surface area contributed by atoms with Crippen LogP contribution in [0.2, 0.25) is 0 Å². The van der Waals surface area contributed by atoms with Crippen LogP contribution in [0.15, 0.2) is 12.2 Å². The number of allylic oxidation sites excluding steroid dienone is 2. The minimum absolute atomic E-state index is 0.0639. The van der Waals surface area contributed by atoms with Crippen LogP contribution < -0.4 is 0 Å². The summed E-state index contributed by atoms with van der Waals surface area (Å²) in [6.45, 7) is 5.60. The van der Waals surface area contributed by atoms with E-state index in [0.29, 0.717) is 38.8 Å². The van der Waals surface area contributed by atoms with Crippen LogP contribution in [-0.2, 0) is 19.1 Å². The zero-order valence-electron chi connectivity index (χ0n) is 15.7. The first kappa shape index (κ1) is 18.0. The van der Waals surface area contributed by atoms with Gasteiger partial charge in [-0.2, -0.15) is 0 Å². The van der Waals surface area contributed by atoms with Gasteiger partial charge in [0.15, 0.2) is 0 Å². The standard InChI is InChI=1S/C20H30N2O4/c1-19(7-3-2-4-8-19)18(24)21-9-10-25-15-20(13-21)14-22(11-16-5-6-16)17(23)12-26-20/h2-3,16H,4-15H2,1H3. The van der Waals surface area contributed by atoms with Crippen molar-refractivity contribution in [3.63, 3.8) is 0 Å². The van der Waals surface area contributed by atoms with E-state index in [4.69, 9.17) is 9.47 Å². The first-order chi connectivity index (χ1) is 12.5. The molecule has 144 valence electrons. The molecule has 0 aromatic heterocycles. The minimum Gasteiger partial charge on any atom is -0.376 e. The molecule has 2 unspecified atom stereocenters. The van der Waals surface area contributed by atoms with Gasteiger partial charge in [0.25, 0.3) is 0 Å². The van der Waals surface area contributed by atoms with Crippen LogP contribution in [0.3, 0.4) is 0 Å². The van der Waals surface area contributed by atoms with E-state index >= 15 is 0 Å². The van der Waals surface area contributed by atoms with Gasteiger partial charge in [0, 0.05) is 13.1 Å². The van der Waals surface area contributed by atoms with Crippen LogP contribution in [0.4, 0.5) is 0 Å². The molecular weight excluding hydrogens is 332 g/mol. The highest BCUT2D eigenvalue weighted by Gasteiger charge is 2.46. The third kappa shape index (κ3) is 3.67. The average molecular weight is 362 g/mol. The topological polar surface area (TPSA) is 59.1 Å². The quantitative estimate of drug-likeness (QED) is 0.716. The van der Waals surface area contributed by atoms with Crippen molar-refractivity contribution in [3.8, 4) is 0 Å². The number of hydrogen-bond donors (Lipinski definition) is 0. The number of hydrogen-bond acceptors (Lipinski definition) is 4. The zero-order valence-corrected chi connectivity index (χ0v) is 15.7. The third-order valence-corrected chi connectivity index (χ3v) is 6.26. The molecule has 2 amide bonds. The summed E-state index contributed by atoms with van der Waals surface area (Å²) >= 11 is 0. The van der Waals surface area contributed by atoms with Crippen molar-refractivity contribution < 1.29 is 19.1 Å². The Labute approximate surface area is 155 Å². The third-order valence-electron chi connectivity index (χ3n) is 6.26. The first-order valence-electron chi connectivity index (χ1n) is 9.94. The Balaban J connectivity index is 1.48. The van der Waals surface area contributed by atoms with E-state index in [1.54, 1.807) is 0 Å². The van der Waals surface area contributed by atoms with Gasteiger partial charge in [-0.1, -0.05) is 19.1 Å². The molecule has 2 saturated heterocycles. The Morgan fingerprint density at radius 2 is 2.15 bits per heavy atom. The van der Waals surface area contributed by atoms with E-state index in [1.807, 2.05) is 9.80 Å². The molecule has 0 bridgehead atoms. The number of ether oxygens (including phenoxy) is 2. The smallest absolute Gasteiger partial charge is 0.248 e. The number of carbonyl (C=O) groups is 2. The van der Waals surface area contributed by atoms with Gasteiger partial charge in [0.2, 0.25) is 11.8 Å². The Morgan fingerprint density at radius 3 is 2.88 bits per heavy atom. The van der Waals surface area contributed by atoms with Crippen molar-refractivity contribution in [2.45, 2.75) is 44.6 Å². The molecule has 4 aliphatic rings. The zero-order chi connectivity index (χ0) is 18.2. The molecule has 0 aromatic rings. The largest absolute Gasteiger partial charge is 0.376 e. The molecule has 3 fully saturated rings. The fourth-order valence-corrected chi connectivity index (χ4v) is 4.37. The molecule has 2 aliphatic heterocycles. The van der Waals surface area contributed by atoms with Gasteiger partial charge in [0.1, 0.15) is 12.2 Å². The first-order valence-corrected chi connectivity index (χ1v) is 9.94. The minimum atomic E-state index is -0.587. The van der Waals surface area contributed by atoms with Crippen LogP contribution in [0.25, 0.3) is 0 Å². The van der Waals surface area contributed by atoms with Gasteiger partial charge in [0.05, 0.1) is 31.7 Å². The maximum Gasteiger partial charge on any atom is 0.248 e. The lowest BCUT2D eigenvalue weighted by Gasteiger charge is -2.44. The molecule has 2 heterocycles. The molecule has 0 radical (unpaired) electrons. The molecule has 1 spiro atoms. The lowest BCUT2D eigenvalue weighted by Crippen LogP contribution is -2.62. The number of rotatable bonds is 3. The lowest BCUT2D eigenvalue weighted by atomic mass is 9.77. The summed E-state index contributed by atoms with van der Waals surface area (Å²) < 4.78 is 11.8. The SMILES string of the molecule is CC1(C(=O)N2CCOCC3(CN(CC4CC4)C(=O)CO3)C2)CC=CCC1.